The van der Waals surface area contributed by atoms with Gasteiger partial charge in [0.15, 0.2) is 0 Å². The summed E-state index contributed by atoms with van der Waals surface area (Å²) in [5.74, 6) is 2.46. The first-order chi connectivity index (χ1) is 18.2. The zero-order chi connectivity index (χ0) is 26.5. The molecule has 5 saturated carbocycles. The number of carbonyl (C=O) groups is 2. The van der Waals surface area contributed by atoms with Gasteiger partial charge in [0.05, 0.1) is 4.90 Å². The van der Waals surface area contributed by atoms with Crippen LogP contribution in [-0.4, -0.2) is 42.7 Å². The normalized spacial score (nSPS) is 33.5. The number of hydrogen-bond acceptors (Lipinski definition) is 4. The maximum absolute atomic E-state index is 13.7. The lowest BCUT2D eigenvalue weighted by molar-refractivity contribution is -0.119. The minimum Gasteiger partial charge on any atom is -0.350 e. The fraction of sp³-hybridized carbons (Fsp3) is 0.667. The number of rotatable bonds is 8. The number of carbonyl (C=O) groups excluding carboxylic acids is 2. The number of amides is 2. The summed E-state index contributed by atoms with van der Waals surface area (Å²) in [5, 5.41) is 5.96. The van der Waals surface area contributed by atoms with E-state index in [-0.39, 0.29) is 22.8 Å². The molecule has 1 unspecified atom stereocenters. The van der Waals surface area contributed by atoms with Gasteiger partial charge in [0.25, 0.3) is 0 Å². The Balaban J connectivity index is 1.07. The topological polar surface area (TPSA) is 95.6 Å². The molecule has 1 saturated heterocycles. The highest BCUT2D eigenvalue weighted by Gasteiger charge is 2.52. The Labute approximate surface area is 226 Å². The van der Waals surface area contributed by atoms with Crippen molar-refractivity contribution in [2.75, 3.05) is 11.9 Å². The Morgan fingerprint density at radius 2 is 1.63 bits per heavy atom. The van der Waals surface area contributed by atoms with E-state index in [4.69, 9.17) is 0 Å². The van der Waals surface area contributed by atoms with Gasteiger partial charge in [-0.05, 0) is 131 Å². The summed E-state index contributed by atoms with van der Waals surface area (Å²) in [6, 6.07) is 6.60. The van der Waals surface area contributed by atoms with Gasteiger partial charge in [-0.15, -0.1) is 0 Å². The number of nitrogens with zero attached hydrogens (tertiary/aromatic N) is 1. The van der Waals surface area contributed by atoms with E-state index < -0.39 is 15.6 Å². The van der Waals surface area contributed by atoms with Gasteiger partial charge < -0.3 is 10.6 Å². The van der Waals surface area contributed by atoms with Crippen LogP contribution in [0.15, 0.2) is 41.8 Å². The fourth-order valence-corrected chi connectivity index (χ4v) is 10.9. The van der Waals surface area contributed by atoms with Crippen molar-refractivity contribution in [3.05, 3.63) is 36.9 Å². The summed E-state index contributed by atoms with van der Waals surface area (Å²) < 4.78 is 29.0. The first-order valence-electron chi connectivity index (χ1n) is 14.5. The second kappa shape index (κ2) is 9.77. The highest BCUT2D eigenvalue weighted by Crippen LogP contribution is 2.61. The average Bonchev–Trinajstić information content (AvgIpc) is 2.86. The molecule has 1 aliphatic heterocycles. The first-order valence-corrected chi connectivity index (χ1v) is 16.0. The Morgan fingerprint density at radius 3 is 2.18 bits per heavy atom. The van der Waals surface area contributed by atoms with Gasteiger partial charge >= 0.3 is 0 Å². The van der Waals surface area contributed by atoms with Crippen molar-refractivity contribution >= 4 is 27.5 Å². The van der Waals surface area contributed by atoms with Crippen LogP contribution < -0.4 is 10.6 Å². The van der Waals surface area contributed by atoms with Crippen LogP contribution in [0, 0.1) is 23.2 Å². The third-order valence-corrected chi connectivity index (χ3v) is 12.4. The quantitative estimate of drug-likeness (QED) is 0.455. The molecule has 1 aromatic rings. The van der Waals surface area contributed by atoms with Crippen LogP contribution >= 0.6 is 0 Å². The van der Waals surface area contributed by atoms with Crippen LogP contribution in [0.4, 0.5) is 5.69 Å². The van der Waals surface area contributed by atoms with E-state index in [1.807, 2.05) is 0 Å². The van der Waals surface area contributed by atoms with Crippen LogP contribution in [0.25, 0.3) is 0 Å². The van der Waals surface area contributed by atoms with E-state index in [0.29, 0.717) is 36.9 Å². The molecule has 1 atom stereocenters. The van der Waals surface area contributed by atoms with Gasteiger partial charge in [-0.3, -0.25) is 9.59 Å². The summed E-state index contributed by atoms with van der Waals surface area (Å²) in [5.41, 5.74) is 0.590. The molecule has 206 valence electrons. The molecule has 1 heterocycles. The Kier molecular flexibility index (Phi) is 6.70. The van der Waals surface area contributed by atoms with Crippen LogP contribution in [0.1, 0.15) is 83.5 Å². The Hall–Kier alpha value is -2.19. The standard InChI is InChI=1S/C30H41N3O4S/c1-2-27(34)32-25-9-13-33(30(20-25)10-3-11-30)38(36,37)26-6-4-24(5-7-26)31-28(35)8-12-29-17-21-14-22(18-29)16-23(15-21)19-29/h2,4-7,21-23,25H,1,3,8-20H2,(H,31,35)(H,32,34). The lowest BCUT2D eigenvalue weighted by atomic mass is 9.48. The molecule has 1 aromatic carbocycles. The minimum atomic E-state index is -3.68. The van der Waals surface area contributed by atoms with Gasteiger partial charge in [-0.2, -0.15) is 4.31 Å². The predicted molar refractivity (Wildman–Crippen MR) is 147 cm³/mol. The fourth-order valence-electron chi connectivity index (χ4n) is 9.01. The summed E-state index contributed by atoms with van der Waals surface area (Å²) >= 11 is 0. The van der Waals surface area contributed by atoms with E-state index in [1.54, 1.807) is 28.6 Å². The largest absolute Gasteiger partial charge is 0.350 e. The summed E-state index contributed by atoms with van der Waals surface area (Å²) in [4.78, 5) is 24.9. The van der Waals surface area contributed by atoms with Crippen LogP contribution in [0.2, 0.25) is 0 Å². The van der Waals surface area contributed by atoms with Crippen LogP contribution in [0.3, 0.4) is 0 Å². The molecule has 6 fully saturated rings. The summed E-state index contributed by atoms with van der Waals surface area (Å²) in [6.07, 6.45) is 14.7. The second-order valence-electron chi connectivity index (χ2n) is 13.0. The van der Waals surface area contributed by atoms with Gasteiger partial charge in [0, 0.05) is 30.2 Å². The summed E-state index contributed by atoms with van der Waals surface area (Å²) in [6.45, 7) is 3.90. The molecule has 2 amide bonds. The van der Waals surface area contributed by atoms with E-state index in [1.165, 1.54) is 44.6 Å². The van der Waals surface area contributed by atoms with Gasteiger partial charge in [-0.1, -0.05) is 6.58 Å². The van der Waals surface area contributed by atoms with E-state index in [0.717, 1.165) is 43.4 Å². The van der Waals surface area contributed by atoms with Crippen molar-refractivity contribution < 1.29 is 18.0 Å². The molecule has 6 aliphatic rings. The monoisotopic (exact) mass is 539 g/mol. The van der Waals surface area contributed by atoms with Crippen molar-refractivity contribution in [3.8, 4) is 0 Å². The zero-order valence-corrected chi connectivity index (χ0v) is 23.1. The number of anilines is 1. The smallest absolute Gasteiger partial charge is 0.243 e. The van der Waals surface area contributed by atoms with Gasteiger partial charge in [0.2, 0.25) is 21.8 Å². The van der Waals surface area contributed by atoms with E-state index in [2.05, 4.69) is 17.2 Å². The van der Waals surface area contributed by atoms with Gasteiger partial charge in [0.1, 0.15) is 0 Å². The lowest BCUT2D eigenvalue weighted by Crippen LogP contribution is -2.63. The lowest BCUT2D eigenvalue weighted by Gasteiger charge is -2.57. The molecule has 38 heavy (non-hydrogen) atoms. The number of sulfonamides is 1. The molecular weight excluding hydrogens is 498 g/mol. The Morgan fingerprint density at radius 1 is 1.00 bits per heavy atom. The Bertz CT molecular complexity index is 1170. The highest BCUT2D eigenvalue weighted by atomic mass is 32.2. The first kappa shape index (κ1) is 26.1. The van der Waals surface area contributed by atoms with Crippen molar-refractivity contribution in [1.29, 1.82) is 0 Å². The molecular formula is C30H41N3O4S. The van der Waals surface area contributed by atoms with Crippen molar-refractivity contribution in [1.82, 2.24) is 9.62 Å². The third kappa shape index (κ3) is 4.83. The molecule has 7 nitrogen and oxygen atoms in total. The molecule has 5 aliphatic carbocycles. The maximum Gasteiger partial charge on any atom is 0.243 e. The average molecular weight is 540 g/mol. The van der Waals surface area contributed by atoms with Crippen LogP contribution in [0.5, 0.6) is 0 Å². The highest BCUT2D eigenvalue weighted by molar-refractivity contribution is 7.89. The maximum atomic E-state index is 13.7. The molecule has 0 radical (unpaired) electrons. The predicted octanol–water partition coefficient (Wildman–Crippen LogP) is 5.00. The number of benzene rings is 1. The molecule has 2 N–H and O–H groups in total. The number of nitrogens with one attached hydrogen (secondary N) is 2. The second-order valence-corrected chi connectivity index (χ2v) is 14.9. The van der Waals surface area contributed by atoms with E-state index in [9.17, 15) is 18.0 Å². The van der Waals surface area contributed by atoms with Crippen molar-refractivity contribution in [3.63, 3.8) is 0 Å². The van der Waals surface area contributed by atoms with E-state index >= 15 is 0 Å². The SMILES string of the molecule is C=CC(=O)NC1CCN(S(=O)(=O)c2ccc(NC(=O)CCC34CC5CC(CC(C5)C3)C4)cc2)C2(CCC2)C1. The molecule has 4 bridgehead atoms. The van der Waals surface area contributed by atoms with Gasteiger partial charge in [-0.25, -0.2) is 8.42 Å². The third-order valence-electron chi connectivity index (χ3n) is 10.4. The zero-order valence-electron chi connectivity index (χ0n) is 22.3. The van der Waals surface area contributed by atoms with Crippen molar-refractivity contribution in [2.45, 2.75) is 99.9 Å². The molecule has 8 heteroatoms. The van der Waals surface area contributed by atoms with Crippen molar-refractivity contribution in [2.24, 2.45) is 23.2 Å². The molecule has 1 spiro atoms. The summed E-state index contributed by atoms with van der Waals surface area (Å²) in [7, 11) is -3.68. The molecule has 0 aromatic heterocycles. The van der Waals surface area contributed by atoms with Crippen LogP contribution in [-0.2, 0) is 19.6 Å². The minimum absolute atomic E-state index is 0.0217. The number of piperidine rings is 1. The number of hydrogen-bond donors (Lipinski definition) is 2. The molecule has 7 rings (SSSR count).